The van der Waals surface area contributed by atoms with Crippen LogP contribution in [0.2, 0.25) is 0 Å². The minimum Gasteiger partial charge on any atom is -0.508 e. The van der Waals surface area contributed by atoms with Crippen LogP contribution in [0.1, 0.15) is 16.7 Å². The summed E-state index contributed by atoms with van der Waals surface area (Å²) in [6.07, 6.45) is 2.10. The molecule has 1 aliphatic carbocycles. The molecule has 0 unspecified atom stereocenters. The Morgan fingerprint density at radius 3 is 2.56 bits per heavy atom. The van der Waals surface area contributed by atoms with E-state index in [0.717, 1.165) is 12.8 Å². The number of hydrogen-bond acceptors (Lipinski definition) is 1. The molecule has 0 atom stereocenters. The van der Waals surface area contributed by atoms with Crippen molar-refractivity contribution in [3.8, 4) is 16.9 Å². The van der Waals surface area contributed by atoms with Crippen LogP contribution in [0.3, 0.4) is 0 Å². The van der Waals surface area contributed by atoms with E-state index in [1.165, 1.54) is 27.8 Å². The quantitative estimate of drug-likeness (QED) is 0.706. The zero-order chi connectivity index (χ0) is 11.1. The normalized spacial score (nSPS) is 13.1. The Labute approximate surface area is 95.4 Å². The molecular weight excluding hydrogens is 196 g/mol. The first kappa shape index (κ1) is 9.46. The van der Waals surface area contributed by atoms with Crippen LogP contribution in [0.15, 0.2) is 36.4 Å². The molecule has 2 aromatic rings. The van der Waals surface area contributed by atoms with E-state index in [2.05, 4.69) is 25.1 Å². The second-order valence-corrected chi connectivity index (χ2v) is 4.50. The largest absolute Gasteiger partial charge is 0.508 e. The second-order valence-electron chi connectivity index (χ2n) is 4.50. The molecule has 0 aromatic heterocycles. The van der Waals surface area contributed by atoms with Crippen LogP contribution in [0.4, 0.5) is 0 Å². The summed E-state index contributed by atoms with van der Waals surface area (Å²) < 4.78 is 0. The molecule has 0 saturated heterocycles. The van der Waals surface area contributed by atoms with Crippen molar-refractivity contribution in [2.45, 2.75) is 19.8 Å². The predicted octanol–water partition coefficient (Wildman–Crippen LogP) is 3.47. The Bertz CT molecular complexity index is 555. The van der Waals surface area contributed by atoms with Gasteiger partial charge < -0.3 is 5.11 Å². The molecular formula is C15H14O. The number of phenols is 1. The lowest BCUT2D eigenvalue weighted by Gasteiger charge is -2.20. The highest BCUT2D eigenvalue weighted by atomic mass is 16.3. The van der Waals surface area contributed by atoms with Gasteiger partial charge in [0.05, 0.1) is 0 Å². The van der Waals surface area contributed by atoms with Crippen LogP contribution in [0, 0.1) is 6.92 Å². The molecule has 1 N–H and O–H groups in total. The van der Waals surface area contributed by atoms with E-state index in [0.29, 0.717) is 5.75 Å². The molecule has 0 aliphatic heterocycles. The summed E-state index contributed by atoms with van der Waals surface area (Å²) >= 11 is 0. The first-order chi connectivity index (χ1) is 7.74. The summed E-state index contributed by atoms with van der Waals surface area (Å²) in [6, 6.07) is 12.3. The highest BCUT2D eigenvalue weighted by Gasteiger charge is 2.15. The van der Waals surface area contributed by atoms with Gasteiger partial charge in [-0.3, -0.25) is 0 Å². The summed E-state index contributed by atoms with van der Waals surface area (Å²) in [5.41, 5.74) is 6.59. The van der Waals surface area contributed by atoms with Crippen molar-refractivity contribution in [1.82, 2.24) is 0 Å². The summed E-state index contributed by atoms with van der Waals surface area (Å²) in [5.74, 6) is 0.370. The van der Waals surface area contributed by atoms with Crippen LogP contribution < -0.4 is 0 Å². The van der Waals surface area contributed by atoms with Gasteiger partial charge in [0.1, 0.15) is 5.75 Å². The van der Waals surface area contributed by atoms with Gasteiger partial charge in [0.25, 0.3) is 0 Å². The standard InChI is InChI=1S/C15H14O/c1-10-2-3-11-4-5-12-9-13(16)6-7-14(12)15(11)8-10/h2-3,6-9,16H,4-5H2,1H3. The fourth-order valence-corrected chi connectivity index (χ4v) is 2.48. The SMILES string of the molecule is Cc1ccc2c(c1)-c1ccc(O)cc1CC2. The summed E-state index contributed by atoms with van der Waals surface area (Å²) in [4.78, 5) is 0. The van der Waals surface area contributed by atoms with E-state index in [1.54, 1.807) is 6.07 Å². The summed E-state index contributed by atoms with van der Waals surface area (Å²) in [7, 11) is 0. The molecule has 2 aromatic carbocycles. The Hall–Kier alpha value is -1.76. The third kappa shape index (κ3) is 1.40. The monoisotopic (exact) mass is 210 g/mol. The average Bonchev–Trinajstić information content (AvgIpc) is 2.28. The zero-order valence-corrected chi connectivity index (χ0v) is 9.33. The van der Waals surface area contributed by atoms with Crippen LogP contribution in [0.25, 0.3) is 11.1 Å². The maximum atomic E-state index is 9.49. The lowest BCUT2D eigenvalue weighted by Crippen LogP contribution is -2.03. The molecule has 16 heavy (non-hydrogen) atoms. The third-order valence-corrected chi connectivity index (χ3v) is 3.31. The lowest BCUT2D eigenvalue weighted by molar-refractivity contribution is 0.474. The number of aryl methyl sites for hydroxylation is 3. The van der Waals surface area contributed by atoms with Gasteiger partial charge in [-0.1, -0.05) is 29.8 Å². The molecule has 0 bridgehead atoms. The van der Waals surface area contributed by atoms with E-state index in [-0.39, 0.29) is 0 Å². The molecule has 0 amide bonds. The second kappa shape index (κ2) is 3.38. The average molecular weight is 210 g/mol. The maximum absolute atomic E-state index is 9.49. The molecule has 1 nitrogen and oxygen atoms in total. The number of hydrogen-bond donors (Lipinski definition) is 1. The van der Waals surface area contributed by atoms with Gasteiger partial charge in [0, 0.05) is 0 Å². The highest BCUT2D eigenvalue weighted by molar-refractivity contribution is 5.74. The summed E-state index contributed by atoms with van der Waals surface area (Å²) in [6.45, 7) is 2.12. The minimum absolute atomic E-state index is 0.370. The zero-order valence-electron chi connectivity index (χ0n) is 9.33. The van der Waals surface area contributed by atoms with Crippen LogP contribution >= 0.6 is 0 Å². The summed E-state index contributed by atoms with van der Waals surface area (Å²) in [5, 5.41) is 9.49. The van der Waals surface area contributed by atoms with Gasteiger partial charge in [0.2, 0.25) is 0 Å². The Morgan fingerprint density at radius 1 is 0.875 bits per heavy atom. The van der Waals surface area contributed by atoms with E-state index >= 15 is 0 Å². The van der Waals surface area contributed by atoms with Crippen molar-refractivity contribution in [1.29, 1.82) is 0 Å². The fraction of sp³-hybridized carbons (Fsp3) is 0.200. The number of rotatable bonds is 0. The van der Waals surface area contributed by atoms with Gasteiger partial charge in [-0.05, 0) is 54.2 Å². The molecule has 0 spiro atoms. The molecule has 0 fully saturated rings. The van der Waals surface area contributed by atoms with Crippen molar-refractivity contribution in [2.75, 3.05) is 0 Å². The smallest absolute Gasteiger partial charge is 0.115 e. The van der Waals surface area contributed by atoms with Gasteiger partial charge in [0.15, 0.2) is 0 Å². The molecule has 3 rings (SSSR count). The van der Waals surface area contributed by atoms with Crippen molar-refractivity contribution in [3.63, 3.8) is 0 Å². The maximum Gasteiger partial charge on any atom is 0.115 e. The third-order valence-electron chi connectivity index (χ3n) is 3.31. The number of fused-ring (bicyclic) bond motifs is 3. The number of phenolic OH excluding ortho intramolecular Hbond substituents is 1. The van der Waals surface area contributed by atoms with Crippen molar-refractivity contribution in [2.24, 2.45) is 0 Å². The lowest BCUT2D eigenvalue weighted by atomic mass is 9.85. The van der Waals surface area contributed by atoms with Crippen molar-refractivity contribution < 1.29 is 5.11 Å². The molecule has 0 saturated carbocycles. The fourth-order valence-electron chi connectivity index (χ4n) is 2.48. The van der Waals surface area contributed by atoms with Gasteiger partial charge >= 0.3 is 0 Å². The Morgan fingerprint density at radius 2 is 1.69 bits per heavy atom. The number of aromatic hydroxyl groups is 1. The predicted molar refractivity (Wildman–Crippen MR) is 65.7 cm³/mol. The van der Waals surface area contributed by atoms with Crippen molar-refractivity contribution in [3.05, 3.63) is 53.1 Å². The van der Waals surface area contributed by atoms with Gasteiger partial charge in [-0.15, -0.1) is 0 Å². The van der Waals surface area contributed by atoms with Gasteiger partial charge in [-0.25, -0.2) is 0 Å². The minimum atomic E-state index is 0.370. The van der Waals surface area contributed by atoms with E-state index in [9.17, 15) is 5.11 Å². The van der Waals surface area contributed by atoms with E-state index < -0.39 is 0 Å². The van der Waals surface area contributed by atoms with E-state index in [4.69, 9.17) is 0 Å². The molecule has 1 heteroatoms. The molecule has 0 heterocycles. The molecule has 0 radical (unpaired) electrons. The van der Waals surface area contributed by atoms with Crippen molar-refractivity contribution >= 4 is 0 Å². The molecule has 1 aliphatic rings. The number of benzene rings is 2. The first-order valence-electron chi connectivity index (χ1n) is 5.66. The highest BCUT2D eigenvalue weighted by Crippen LogP contribution is 2.35. The van der Waals surface area contributed by atoms with Crippen LogP contribution in [-0.4, -0.2) is 5.11 Å². The van der Waals surface area contributed by atoms with Gasteiger partial charge in [-0.2, -0.15) is 0 Å². The van der Waals surface area contributed by atoms with Crippen LogP contribution in [0.5, 0.6) is 5.75 Å². The Kier molecular flexibility index (Phi) is 2.00. The van der Waals surface area contributed by atoms with Crippen LogP contribution in [-0.2, 0) is 12.8 Å². The topological polar surface area (TPSA) is 20.2 Å². The molecule has 80 valence electrons. The first-order valence-corrected chi connectivity index (χ1v) is 5.66. The van der Waals surface area contributed by atoms with E-state index in [1.807, 2.05) is 12.1 Å². The Balaban J connectivity index is 2.25.